The van der Waals surface area contributed by atoms with Gasteiger partial charge < -0.3 is 20.5 Å². The van der Waals surface area contributed by atoms with E-state index in [9.17, 15) is 9.59 Å². The predicted octanol–water partition coefficient (Wildman–Crippen LogP) is 1.91. The van der Waals surface area contributed by atoms with Crippen molar-refractivity contribution in [1.82, 2.24) is 18.6 Å². The summed E-state index contributed by atoms with van der Waals surface area (Å²) in [5.74, 6) is 0.565. The number of hydrogen-bond acceptors (Lipinski definition) is 6. The molecule has 0 bridgehead atoms. The minimum atomic E-state index is -0.341. The maximum Gasteiger partial charge on any atom is 0.333 e. The number of likely N-dealkylation sites (tertiary alicyclic amines) is 1. The lowest BCUT2D eigenvalue weighted by atomic mass is 10.1. The quantitative estimate of drug-likeness (QED) is 0.562. The van der Waals surface area contributed by atoms with Crippen LogP contribution >= 0.6 is 0 Å². The normalized spacial score (nSPS) is 20.4. The summed E-state index contributed by atoms with van der Waals surface area (Å²) in [7, 11) is 1.72. The van der Waals surface area contributed by atoms with Gasteiger partial charge in [0.15, 0.2) is 6.29 Å². The summed E-state index contributed by atoms with van der Waals surface area (Å²) >= 11 is 0. The lowest BCUT2D eigenvalue weighted by molar-refractivity contribution is 0.164. The van der Waals surface area contributed by atoms with E-state index in [-0.39, 0.29) is 30.2 Å². The zero-order chi connectivity index (χ0) is 24.0. The molecule has 0 saturated carbocycles. The smallest absolute Gasteiger partial charge is 0.333 e. The van der Waals surface area contributed by atoms with Crippen molar-refractivity contribution in [2.45, 2.75) is 45.7 Å². The Hall–Kier alpha value is -3.30. The van der Waals surface area contributed by atoms with Crippen molar-refractivity contribution in [3.8, 4) is 0 Å². The molecule has 0 aliphatic carbocycles. The second kappa shape index (κ2) is 8.81. The van der Waals surface area contributed by atoms with Crippen molar-refractivity contribution in [2.75, 3.05) is 29.9 Å². The number of nitrogens with two attached hydrogens (primary N) is 1. The van der Waals surface area contributed by atoms with Crippen LogP contribution in [0.2, 0.25) is 0 Å². The van der Waals surface area contributed by atoms with Crippen LogP contribution in [-0.2, 0) is 13.7 Å². The van der Waals surface area contributed by atoms with Crippen LogP contribution in [0.3, 0.4) is 0 Å². The van der Waals surface area contributed by atoms with Crippen molar-refractivity contribution in [2.24, 2.45) is 12.8 Å². The first kappa shape index (κ1) is 22.5. The van der Waals surface area contributed by atoms with Crippen LogP contribution in [-0.4, -0.2) is 50.6 Å². The number of fused-ring (bicyclic) bond motifs is 2. The number of allylic oxidation sites excluding steroid dienone is 1. The van der Waals surface area contributed by atoms with Gasteiger partial charge in [-0.2, -0.15) is 0 Å². The number of benzene rings is 1. The van der Waals surface area contributed by atoms with Crippen LogP contribution in [0, 0.1) is 0 Å². The Kier molecular flexibility index (Phi) is 5.83. The highest BCUT2D eigenvalue weighted by atomic mass is 16.2. The second-order valence-electron chi connectivity index (χ2n) is 9.61. The molecule has 3 N–H and O–H groups in total. The molecule has 34 heavy (non-hydrogen) atoms. The third-order valence-electron chi connectivity index (χ3n) is 6.88. The summed E-state index contributed by atoms with van der Waals surface area (Å²) in [6.07, 6.45) is 5.82. The highest BCUT2D eigenvalue weighted by molar-refractivity contribution is 5.80. The molecule has 4 heterocycles. The Morgan fingerprint density at radius 3 is 2.76 bits per heavy atom. The van der Waals surface area contributed by atoms with E-state index in [0.29, 0.717) is 18.1 Å². The molecule has 9 nitrogen and oxygen atoms in total. The van der Waals surface area contributed by atoms with E-state index < -0.39 is 0 Å². The number of hydrogen-bond donors (Lipinski definition) is 2. The molecule has 2 aromatic heterocycles. The van der Waals surface area contributed by atoms with E-state index >= 15 is 0 Å². The van der Waals surface area contributed by atoms with Crippen molar-refractivity contribution in [1.29, 1.82) is 0 Å². The maximum absolute atomic E-state index is 13.8. The summed E-state index contributed by atoms with van der Waals surface area (Å²) in [5, 5.41) is 4.55. The first-order valence-electron chi connectivity index (χ1n) is 11.9. The van der Waals surface area contributed by atoms with Crippen LogP contribution in [0.5, 0.6) is 0 Å². The van der Waals surface area contributed by atoms with E-state index in [0.717, 1.165) is 36.8 Å². The lowest BCUT2D eigenvalue weighted by Crippen LogP contribution is -2.56. The summed E-state index contributed by atoms with van der Waals surface area (Å²) in [6, 6.07) is 10.1. The number of nitrogens with zero attached hydrogens (tertiary/aromatic N) is 5. The number of para-hydroxylation sites is 1. The number of piperidine rings is 1. The number of aromatic nitrogens is 3. The SMILES string of the molecule is CC(C)=CCN1c2c(n(C)c(=O)n(Cn3ccc4ccccc43)c2=O)NC1N1CCCC(N)C1. The van der Waals surface area contributed by atoms with Crippen LogP contribution in [0.4, 0.5) is 11.5 Å². The molecular formula is C25H33N7O2. The van der Waals surface area contributed by atoms with Gasteiger partial charge in [-0.15, -0.1) is 0 Å². The van der Waals surface area contributed by atoms with E-state index in [4.69, 9.17) is 5.73 Å². The molecule has 9 heteroatoms. The first-order valence-corrected chi connectivity index (χ1v) is 11.9. The van der Waals surface area contributed by atoms with Gasteiger partial charge in [0, 0.05) is 44.4 Å². The standard InChI is InChI=1S/C25H33N7O2/c1-17(2)10-14-31-21-22(27-24(31)29-12-6-8-19(26)15-29)28(3)25(34)32(23(21)33)16-30-13-11-18-7-4-5-9-20(18)30/h4-5,7,9-11,13,19,24,27H,6,8,12,14-16,26H2,1-3H3. The van der Waals surface area contributed by atoms with Crippen LogP contribution in [0.25, 0.3) is 10.9 Å². The molecule has 2 unspecified atom stereocenters. The highest BCUT2D eigenvalue weighted by Gasteiger charge is 2.38. The molecule has 180 valence electrons. The second-order valence-corrected chi connectivity index (χ2v) is 9.61. The molecule has 2 atom stereocenters. The average molecular weight is 464 g/mol. The van der Waals surface area contributed by atoms with Gasteiger partial charge in [0.25, 0.3) is 5.56 Å². The van der Waals surface area contributed by atoms with Crippen LogP contribution in [0.1, 0.15) is 26.7 Å². The number of rotatable bonds is 5. The Balaban J connectivity index is 1.60. The van der Waals surface area contributed by atoms with Gasteiger partial charge >= 0.3 is 5.69 Å². The molecule has 0 spiro atoms. The zero-order valence-electron chi connectivity index (χ0n) is 20.1. The predicted molar refractivity (Wildman–Crippen MR) is 136 cm³/mol. The van der Waals surface area contributed by atoms with Gasteiger partial charge in [-0.1, -0.05) is 29.8 Å². The third-order valence-corrected chi connectivity index (χ3v) is 6.88. The molecular weight excluding hydrogens is 430 g/mol. The molecule has 2 aliphatic rings. The maximum atomic E-state index is 13.8. The summed E-state index contributed by atoms with van der Waals surface area (Å²) in [6.45, 7) is 6.45. The zero-order valence-corrected chi connectivity index (χ0v) is 20.1. The first-order chi connectivity index (χ1) is 16.3. The Morgan fingerprint density at radius 1 is 1.21 bits per heavy atom. The molecule has 1 aromatic carbocycles. The summed E-state index contributed by atoms with van der Waals surface area (Å²) < 4.78 is 4.82. The fraction of sp³-hybridized carbons (Fsp3) is 0.440. The minimum Gasteiger partial charge on any atom is -0.337 e. The molecule has 5 rings (SSSR count). The van der Waals surface area contributed by atoms with E-state index in [1.54, 1.807) is 11.6 Å². The van der Waals surface area contributed by atoms with Crippen molar-refractivity contribution in [3.05, 3.63) is 69.0 Å². The van der Waals surface area contributed by atoms with E-state index in [1.165, 1.54) is 10.1 Å². The minimum absolute atomic E-state index is 0.104. The molecule has 3 aromatic rings. The largest absolute Gasteiger partial charge is 0.337 e. The Labute approximate surface area is 198 Å². The van der Waals surface area contributed by atoms with Gasteiger partial charge in [0.2, 0.25) is 0 Å². The summed E-state index contributed by atoms with van der Waals surface area (Å²) in [5.41, 5.74) is 8.33. The average Bonchev–Trinajstić information content (AvgIpc) is 3.41. The lowest BCUT2D eigenvalue weighted by Gasteiger charge is -2.39. The van der Waals surface area contributed by atoms with Gasteiger partial charge in [0.05, 0.1) is 0 Å². The molecule has 1 saturated heterocycles. The van der Waals surface area contributed by atoms with Gasteiger partial charge in [0.1, 0.15) is 18.2 Å². The highest BCUT2D eigenvalue weighted by Crippen LogP contribution is 2.32. The van der Waals surface area contributed by atoms with E-state index in [1.807, 2.05) is 54.9 Å². The van der Waals surface area contributed by atoms with Gasteiger partial charge in [-0.05, 0) is 44.2 Å². The Morgan fingerprint density at radius 2 is 2.00 bits per heavy atom. The molecule has 0 radical (unpaired) electrons. The molecule has 2 aliphatic heterocycles. The molecule has 0 amide bonds. The van der Waals surface area contributed by atoms with E-state index in [2.05, 4.69) is 21.2 Å². The monoisotopic (exact) mass is 463 g/mol. The van der Waals surface area contributed by atoms with Crippen molar-refractivity contribution in [3.63, 3.8) is 0 Å². The molecule has 1 fully saturated rings. The fourth-order valence-corrected chi connectivity index (χ4v) is 5.06. The third kappa shape index (κ3) is 3.84. The van der Waals surface area contributed by atoms with Gasteiger partial charge in [-0.25, -0.2) is 9.36 Å². The fourth-order valence-electron chi connectivity index (χ4n) is 5.06. The van der Waals surface area contributed by atoms with Crippen LogP contribution in [0.15, 0.2) is 57.8 Å². The van der Waals surface area contributed by atoms with Crippen LogP contribution < -0.4 is 27.2 Å². The number of nitrogens with one attached hydrogen (secondary N) is 1. The summed E-state index contributed by atoms with van der Waals surface area (Å²) in [4.78, 5) is 31.5. The number of anilines is 2. The Bertz CT molecular complexity index is 1360. The van der Waals surface area contributed by atoms with Crippen molar-refractivity contribution >= 4 is 22.4 Å². The van der Waals surface area contributed by atoms with Crippen molar-refractivity contribution < 1.29 is 0 Å². The topological polar surface area (TPSA) is 93.5 Å². The van der Waals surface area contributed by atoms with Gasteiger partial charge in [-0.3, -0.25) is 14.3 Å².